The van der Waals surface area contributed by atoms with Crippen molar-refractivity contribution < 1.29 is 9.72 Å². The highest BCUT2D eigenvalue weighted by atomic mass is 35.5. The summed E-state index contributed by atoms with van der Waals surface area (Å²) in [5.74, 6) is -0.465. The fourth-order valence-electron chi connectivity index (χ4n) is 3.99. The van der Waals surface area contributed by atoms with Gasteiger partial charge in [0.25, 0.3) is 5.69 Å². The van der Waals surface area contributed by atoms with Crippen LogP contribution < -0.4 is 10.6 Å². The minimum Gasteiger partial charge on any atom is -0.328 e. The molecule has 4 aromatic rings. The number of pyridine rings is 1. The lowest BCUT2D eigenvalue weighted by Gasteiger charge is -2.33. The molecule has 174 valence electrons. The summed E-state index contributed by atoms with van der Waals surface area (Å²) in [6.07, 6.45) is 3.13. The number of aromatic nitrogens is 4. The van der Waals surface area contributed by atoms with Gasteiger partial charge in [-0.25, -0.2) is 4.68 Å². The van der Waals surface area contributed by atoms with Gasteiger partial charge < -0.3 is 10.6 Å². The Kier molecular flexibility index (Phi) is 5.71. The van der Waals surface area contributed by atoms with E-state index >= 15 is 0 Å². The van der Waals surface area contributed by atoms with Gasteiger partial charge in [-0.2, -0.15) is 4.98 Å². The number of halogens is 1. The second-order valence-corrected chi connectivity index (χ2v) is 8.30. The Labute approximate surface area is 204 Å². The first-order valence-electron chi connectivity index (χ1n) is 10.5. The lowest BCUT2D eigenvalue weighted by Crippen LogP contribution is -2.39. The topological polar surface area (TPSA) is 128 Å². The van der Waals surface area contributed by atoms with Crippen LogP contribution in [0.5, 0.6) is 0 Å². The van der Waals surface area contributed by atoms with E-state index in [1.807, 2.05) is 0 Å². The number of anilines is 2. The van der Waals surface area contributed by atoms with E-state index in [0.717, 1.165) is 5.56 Å². The number of nitrogens with one attached hydrogen (secondary N) is 2. The molecule has 2 aromatic carbocycles. The van der Waals surface area contributed by atoms with Crippen LogP contribution in [0, 0.1) is 16.0 Å². The van der Waals surface area contributed by atoms with Crippen molar-refractivity contribution in [3.63, 3.8) is 0 Å². The van der Waals surface area contributed by atoms with Crippen LogP contribution in [0.2, 0.25) is 5.02 Å². The van der Waals surface area contributed by atoms with Gasteiger partial charge in [0.1, 0.15) is 5.92 Å². The van der Waals surface area contributed by atoms with Crippen LogP contribution in [-0.2, 0) is 4.79 Å². The molecule has 1 aliphatic heterocycles. The molecular weight excluding hydrogens is 470 g/mol. The smallest absolute Gasteiger partial charge is 0.269 e. The molecule has 10 nitrogen and oxygen atoms in total. The normalized spacial score (nSPS) is 16.8. The molecule has 0 radical (unpaired) electrons. The quantitative estimate of drug-likeness (QED) is 0.309. The Morgan fingerprint density at radius 1 is 1.17 bits per heavy atom. The number of amides is 1. The first-order chi connectivity index (χ1) is 16.9. The number of nitrogens with zero attached hydrogens (tertiary/aromatic N) is 5. The van der Waals surface area contributed by atoms with E-state index in [0.29, 0.717) is 33.7 Å². The number of non-ortho nitro benzene ring substituents is 1. The molecule has 0 aliphatic carbocycles. The van der Waals surface area contributed by atoms with Crippen molar-refractivity contribution in [2.45, 2.75) is 6.04 Å². The van der Waals surface area contributed by atoms with Gasteiger partial charge in [0, 0.05) is 34.6 Å². The summed E-state index contributed by atoms with van der Waals surface area (Å²) in [4.78, 5) is 33.0. The van der Waals surface area contributed by atoms with Crippen LogP contribution in [0.15, 0.2) is 85.3 Å². The maximum absolute atomic E-state index is 13.5. The predicted octanol–water partition coefficient (Wildman–Crippen LogP) is 4.69. The number of benzene rings is 2. The van der Waals surface area contributed by atoms with E-state index in [4.69, 9.17) is 11.6 Å². The Morgan fingerprint density at radius 3 is 2.69 bits per heavy atom. The summed E-state index contributed by atoms with van der Waals surface area (Å²) < 4.78 is 1.56. The summed E-state index contributed by atoms with van der Waals surface area (Å²) in [7, 11) is 0. The van der Waals surface area contributed by atoms with Gasteiger partial charge in [-0.05, 0) is 42.0 Å². The Morgan fingerprint density at radius 2 is 1.97 bits per heavy atom. The molecule has 0 spiro atoms. The number of carbonyl (C=O) groups is 1. The molecule has 0 saturated heterocycles. The van der Waals surface area contributed by atoms with Crippen molar-refractivity contribution in [3.8, 4) is 11.4 Å². The summed E-state index contributed by atoms with van der Waals surface area (Å²) in [5, 5.41) is 22.6. The van der Waals surface area contributed by atoms with Crippen LogP contribution in [0.3, 0.4) is 0 Å². The average molecular weight is 488 g/mol. The molecule has 11 heteroatoms. The molecule has 2 atom stereocenters. The molecule has 1 amide bonds. The van der Waals surface area contributed by atoms with Gasteiger partial charge in [0.2, 0.25) is 11.9 Å². The van der Waals surface area contributed by atoms with E-state index < -0.39 is 16.9 Å². The van der Waals surface area contributed by atoms with Crippen molar-refractivity contribution in [2.24, 2.45) is 5.92 Å². The third-order valence-corrected chi connectivity index (χ3v) is 5.85. The fourth-order valence-corrected chi connectivity index (χ4v) is 4.12. The second kappa shape index (κ2) is 8.99. The molecule has 0 saturated carbocycles. The van der Waals surface area contributed by atoms with Gasteiger partial charge in [-0.1, -0.05) is 30.3 Å². The third-order valence-electron chi connectivity index (χ3n) is 5.59. The van der Waals surface area contributed by atoms with Crippen molar-refractivity contribution in [1.29, 1.82) is 0 Å². The van der Waals surface area contributed by atoms with Crippen molar-refractivity contribution in [1.82, 2.24) is 19.7 Å². The van der Waals surface area contributed by atoms with Crippen molar-refractivity contribution >= 4 is 34.8 Å². The SMILES string of the molecule is C=C1Nc2nc(-c3ccc(Cl)cc3)nn2C(c2cccc([N+](=O)[O-])c2)C1C(=O)Nc1cccnc1. The van der Waals surface area contributed by atoms with Crippen molar-refractivity contribution in [2.75, 3.05) is 10.6 Å². The maximum Gasteiger partial charge on any atom is 0.269 e. The zero-order valence-electron chi connectivity index (χ0n) is 18.1. The molecule has 0 bridgehead atoms. The highest BCUT2D eigenvalue weighted by molar-refractivity contribution is 6.30. The Hall–Kier alpha value is -4.57. The molecule has 3 heterocycles. The molecule has 35 heavy (non-hydrogen) atoms. The van der Waals surface area contributed by atoms with E-state index in [1.165, 1.54) is 18.3 Å². The zero-order chi connectivity index (χ0) is 24.5. The molecule has 2 aromatic heterocycles. The maximum atomic E-state index is 13.5. The molecule has 2 unspecified atom stereocenters. The van der Waals surface area contributed by atoms with Crippen LogP contribution in [-0.4, -0.2) is 30.6 Å². The Bertz CT molecular complexity index is 1440. The van der Waals surface area contributed by atoms with Crippen LogP contribution >= 0.6 is 11.6 Å². The number of nitro groups is 1. The van der Waals surface area contributed by atoms with Gasteiger partial charge in [0.05, 0.1) is 22.8 Å². The predicted molar refractivity (Wildman–Crippen MR) is 131 cm³/mol. The summed E-state index contributed by atoms with van der Waals surface area (Å²) >= 11 is 6.01. The molecule has 2 N–H and O–H groups in total. The lowest BCUT2D eigenvalue weighted by molar-refractivity contribution is -0.384. The highest BCUT2D eigenvalue weighted by Crippen LogP contribution is 2.40. The largest absolute Gasteiger partial charge is 0.328 e. The molecule has 5 rings (SSSR count). The van der Waals surface area contributed by atoms with Crippen LogP contribution in [0.1, 0.15) is 11.6 Å². The first kappa shape index (κ1) is 22.2. The number of hydrogen-bond donors (Lipinski definition) is 2. The van der Waals surface area contributed by atoms with E-state index in [2.05, 4.69) is 32.3 Å². The third kappa shape index (κ3) is 4.34. The minimum atomic E-state index is -0.857. The minimum absolute atomic E-state index is 0.0994. The van der Waals surface area contributed by atoms with Gasteiger partial charge in [0.15, 0.2) is 5.82 Å². The summed E-state index contributed by atoms with van der Waals surface area (Å²) in [6.45, 7) is 4.06. The van der Waals surface area contributed by atoms with Gasteiger partial charge >= 0.3 is 0 Å². The number of nitro benzene ring substituents is 1. The standard InChI is InChI=1S/C24H18ClN7O3/c1-14-20(23(33)28-18-5-3-11-26-13-18)21(16-4-2-6-19(12-16)32(34)35)31-24(27-14)29-22(30-31)15-7-9-17(25)10-8-15/h2-13,20-21H,1H2,(H,28,33)(H,27,29,30). The van der Waals surface area contributed by atoms with Crippen molar-refractivity contribution in [3.05, 3.63) is 106 Å². The number of hydrogen-bond acceptors (Lipinski definition) is 7. The molecular formula is C24H18ClN7O3. The number of fused-ring (bicyclic) bond motifs is 1. The molecule has 1 aliphatic rings. The van der Waals surface area contributed by atoms with E-state index in [9.17, 15) is 14.9 Å². The summed E-state index contributed by atoms with van der Waals surface area (Å²) in [6, 6.07) is 15.8. The zero-order valence-corrected chi connectivity index (χ0v) is 18.9. The van der Waals surface area contributed by atoms with Gasteiger partial charge in [-0.15, -0.1) is 5.10 Å². The monoisotopic (exact) mass is 487 g/mol. The average Bonchev–Trinajstić information content (AvgIpc) is 3.27. The number of carbonyl (C=O) groups excluding carboxylic acids is 1. The highest BCUT2D eigenvalue weighted by Gasteiger charge is 2.40. The van der Waals surface area contributed by atoms with E-state index in [1.54, 1.807) is 59.4 Å². The number of rotatable bonds is 5. The van der Waals surface area contributed by atoms with Crippen LogP contribution in [0.25, 0.3) is 11.4 Å². The fraction of sp³-hybridized carbons (Fsp3) is 0.0833. The summed E-state index contributed by atoms with van der Waals surface area (Å²) in [5.41, 5.74) is 2.03. The molecule has 0 fully saturated rings. The van der Waals surface area contributed by atoms with E-state index in [-0.39, 0.29) is 11.6 Å². The lowest BCUT2D eigenvalue weighted by atomic mass is 9.88. The second-order valence-electron chi connectivity index (χ2n) is 7.87. The van der Waals surface area contributed by atoms with Gasteiger partial charge in [-0.3, -0.25) is 19.9 Å². The first-order valence-corrected chi connectivity index (χ1v) is 10.9. The van der Waals surface area contributed by atoms with Crippen LogP contribution in [0.4, 0.5) is 17.3 Å². The Balaban J connectivity index is 1.62.